The summed E-state index contributed by atoms with van der Waals surface area (Å²) in [6.45, 7) is 0. The van der Waals surface area contributed by atoms with E-state index < -0.39 is 0 Å². The molecule has 16 heavy (non-hydrogen) atoms. The highest BCUT2D eigenvalue weighted by atomic mass is 79.9. The number of anilines is 1. The second-order valence-corrected chi connectivity index (χ2v) is 4.64. The fraction of sp³-hybridized carbons (Fsp3) is 0.0833. The van der Waals surface area contributed by atoms with Crippen LogP contribution in [0.5, 0.6) is 0 Å². The van der Waals surface area contributed by atoms with Crippen molar-refractivity contribution in [3.8, 4) is 0 Å². The van der Waals surface area contributed by atoms with Gasteiger partial charge in [0.15, 0.2) is 0 Å². The number of rotatable bonds is 0. The number of fused-ring (bicyclic) bond motifs is 3. The molecule has 2 heterocycles. The van der Waals surface area contributed by atoms with Crippen molar-refractivity contribution in [3.63, 3.8) is 0 Å². The Kier molecular flexibility index (Phi) is 1.94. The molecule has 0 atom stereocenters. The molecule has 0 radical (unpaired) electrons. The van der Waals surface area contributed by atoms with E-state index in [1.807, 2.05) is 25.2 Å². The predicted molar refractivity (Wildman–Crippen MR) is 70.3 cm³/mol. The van der Waals surface area contributed by atoms with Crippen LogP contribution >= 0.6 is 15.9 Å². The molecule has 0 unspecified atom stereocenters. The first-order valence-corrected chi connectivity index (χ1v) is 5.76. The van der Waals surface area contributed by atoms with Crippen LogP contribution in [0.2, 0.25) is 0 Å². The molecule has 0 spiro atoms. The summed E-state index contributed by atoms with van der Waals surface area (Å²) in [4.78, 5) is 4.13. The van der Waals surface area contributed by atoms with E-state index >= 15 is 0 Å². The lowest BCUT2D eigenvalue weighted by Gasteiger charge is -1.99. The number of pyridine rings is 1. The number of hydrogen-bond donors (Lipinski definition) is 1. The normalized spacial score (nSPS) is 11.4. The average Bonchev–Trinajstić information content (AvgIpc) is 2.56. The molecule has 0 bridgehead atoms. The van der Waals surface area contributed by atoms with Crippen molar-refractivity contribution in [2.45, 2.75) is 0 Å². The van der Waals surface area contributed by atoms with Gasteiger partial charge in [0.25, 0.3) is 0 Å². The van der Waals surface area contributed by atoms with Crippen molar-refractivity contribution < 1.29 is 0 Å². The van der Waals surface area contributed by atoms with Gasteiger partial charge in [-0.3, -0.25) is 0 Å². The standard InChI is InChI=1S/C12H10BrN3/c1-16-9-4-2-3-8(13)10(9)7-5-6-15-12(14)11(7)16/h2-6H,1H3,(H2,14,15). The summed E-state index contributed by atoms with van der Waals surface area (Å²) in [6.07, 6.45) is 1.75. The Labute approximate surface area is 101 Å². The van der Waals surface area contributed by atoms with Crippen molar-refractivity contribution >= 4 is 43.6 Å². The smallest absolute Gasteiger partial charge is 0.147 e. The van der Waals surface area contributed by atoms with Crippen molar-refractivity contribution in [2.24, 2.45) is 7.05 Å². The Hall–Kier alpha value is -1.55. The third kappa shape index (κ3) is 1.10. The maximum absolute atomic E-state index is 5.92. The van der Waals surface area contributed by atoms with Crippen LogP contribution in [0, 0.1) is 0 Å². The first-order valence-electron chi connectivity index (χ1n) is 4.97. The van der Waals surface area contributed by atoms with Gasteiger partial charge in [0, 0.05) is 28.5 Å². The number of benzene rings is 1. The van der Waals surface area contributed by atoms with Crippen molar-refractivity contribution in [1.29, 1.82) is 0 Å². The average molecular weight is 276 g/mol. The monoisotopic (exact) mass is 275 g/mol. The maximum atomic E-state index is 5.92. The van der Waals surface area contributed by atoms with Gasteiger partial charge in [0.1, 0.15) is 5.82 Å². The molecule has 0 aliphatic heterocycles. The molecule has 3 nitrogen and oxygen atoms in total. The first kappa shape index (κ1) is 9.66. The highest BCUT2D eigenvalue weighted by Gasteiger charge is 2.12. The van der Waals surface area contributed by atoms with Gasteiger partial charge in [0.2, 0.25) is 0 Å². The molecular formula is C12H10BrN3. The SMILES string of the molecule is Cn1c2cccc(Br)c2c2ccnc(N)c21. The van der Waals surface area contributed by atoms with E-state index in [0.29, 0.717) is 5.82 Å². The van der Waals surface area contributed by atoms with Gasteiger partial charge in [-0.2, -0.15) is 0 Å². The van der Waals surface area contributed by atoms with Crippen molar-refractivity contribution in [3.05, 3.63) is 34.9 Å². The minimum Gasteiger partial charge on any atom is -0.382 e. The van der Waals surface area contributed by atoms with Crippen molar-refractivity contribution in [2.75, 3.05) is 5.73 Å². The summed E-state index contributed by atoms with van der Waals surface area (Å²) in [5, 5.41) is 2.33. The molecule has 0 saturated heterocycles. The van der Waals surface area contributed by atoms with Gasteiger partial charge in [-0.15, -0.1) is 0 Å². The fourth-order valence-corrected chi connectivity index (χ4v) is 2.77. The minimum absolute atomic E-state index is 0.572. The second-order valence-electron chi connectivity index (χ2n) is 3.79. The third-order valence-electron chi connectivity index (χ3n) is 2.91. The maximum Gasteiger partial charge on any atom is 0.147 e. The van der Waals surface area contributed by atoms with Crippen LogP contribution in [0.25, 0.3) is 21.8 Å². The number of nitrogens with zero attached hydrogens (tertiary/aromatic N) is 2. The van der Waals surface area contributed by atoms with Crippen LogP contribution < -0.4 is 5.73 Å². The predicted octanol–water partition coefficient (Wildman–Crippen LogP) is 3.07. The Morgan fingerprint density at radius 1 is 1.31 bits per heavy atom. The molecular weight excluding hydrogens is 266 g/mol. The zero-order chi connectivity index (χ0) is 11.3. The Bertz CT molecular complexity index is 700. The lowest BCUT2D eigenvalue weighted by molar-refractivity contribution is 1.01. The van der Waals surface area contributed by atoms with E-state index in [1.54, 1.807) is 6.20 Å². The van der Waals surface area contributed by atoms with Gasteiger partial charge >= 0.3 is 0 Å². The number of nitrogens with two attached hydrogens (primary N) is 1. The summed E-state index contributed by atoms with van der Waals surface area (Å²) >= 11 is 3.58. The summed E-state index contributed by atoms with van der Waals surface area (Å²) in [7, 11) is 2.01. The van der Waals surface area contributed by atoms with Crippen LogP contribution in [-0.4, -0.2) is 9.55 Å². The highest BCUT2D eigenvalue weighted by molar-refractivity contribution is 9.10. The number of aromatic nitrogens is 2. The van der Waals surface area contributed by atoms with Crippen LogP contribution in [0.1, 0.15) is 0 Å². The summed E-state index contributed by atoms with van der Waals surface area (Å²) in [6, 6.07) is 8.14. The van der Waals surface area contributed by atoms with E-state index in [-0.39, 0.29) is 0 Å². The molecule has 80 valence electrons. The van der Waals surface area contributed by atoms with E-state index in [1.165, 1.54) is 5.39 Å². The number of aryl methyl sites for hydroxylation is 1. The van der Waals surface area contributed by atoms with Crippen LogP contribution in [0.4, 0.5) is 5.82 Å². The molecule has 0 saturated carbocycles. The Balaban J connectivity index is 2.71. The molecule has 1 aromatic carbocycles. The molecule has 2 N–H and O–H groups in total. The molecule has 3 rings (SSSR count). The van der Waals surface area contributed by atoms with Crippen molar-refractivity contribution in [1.82, 2.24) is 9.55 Å². The minimum atomic E-state index is 0.572. The van der Waals surface area contributed by atoms with Crippen LogP contribution in [0.3, 0.4) is 0 Å². The van der Waals surface area contributed by atoms with Gasteiger partial charge in [0.05, 0.1) is 11.0 Å². The molecule has 3 aromatic rings. The topological polar surface area (TPSA) is 43.8 Å². The quantitative estimate of drug-likeness (QED) is 0.685. The molecule has 0 aliphatic carbocycles. The van der Waals surface area contributed by atoms with Crippen LogP contribution in [-0.2, 0) is 7.05 Å². The van der Waals surface area contributed by atoms with Gasteiger partial charge < -0.3 is 10.3 Å². The number of hydrogen-bond acceptors (Lipinski definition) is 2. The zero-order valence-corrected chi connectivity index (χ0v) is 10.3. The zero-order valence-electron chi connectivity index (χ0n) is 8.74. The number of nitrogen functional groups attached to an aromatic ring is 1. The van der Waals surface area contributed by atoms with E-state index in [0.717, 1.165) is 20.9 Å². The summed E-state index contributed by atoms with van der Waals surface area (Å²) in [5.41, 5.74) is 8.07. The Morgan fingerprint density at radius 3 is 2.94 bits per heavy atom. The lowest BCUT2D eigenvalue weighted by Crippen LogP contribution is -1.95. The van der Waals surface area contributed by atoms with Gasteiger partial charge in [-0.1, -0.05) is 22.0 Å². The first-order chi connectivity index (χ1) is 7.70. The molecule has 2 aromatic heterocycles. The van der Waals surface area contributed by atoms with Gasteiger partial charge in [-0.05, 0) is 18.2 Å². The highest BCUT2D eigenvalue weighted by Crippen LogP contribution is 2.34. The molecule has 0 amide bonds. The van der Waals surface area contributed by atoms with E-state index in [9.17, 15) is 0 Å². The van der Waals surface area contributed by atoms with E-state index in [2.05, 4.69) is 31.5 Å². The van der Waals surface area contributed by atoms with Crippen LogP contribution in [0.15, 0.2) is 34.9 Å². The number of halogens is 1. The fourth-order valence-electron chi connectivity index (χ4n) is 2.20. The second kappa shape index (κ2) is 3.22. The summed E-state index contributed by atoms with van der Waals surface area (Å²) in [5.74, 6) is 0.572. The largest absolute Gasteiger partial charge is 0.382 e. The van der Waals surface area contributed by atoms with E-state index in [4.69, 9.17) is 5.73 Å². The molecule has 0 fully saturated rings. The molecule has 0 aliphatic rings. The summed E-state index contributed by atoms with van der Waals surface area (Å²) < 4.78 is 3.17. The van der Waals surface area contributed by atoms with Gasteiger partial charge in [-0.25, -0.2) is 4.98 Å². The lowest BCUT2D eigenvalue weighted by atomic mass is 10.2. The molecule has 4 heteroatoms. The third-order valence-corrected chi connectivity index (χ3v) is 3.57. The Morgan fingerprint density at radius 2 is 2.12 bits per heavy atom.